The number of nitrogens with zero attached hydrogens (tertiary/aromatic N) is 1. The summed E-state index contributed by atoms with van der Waals surface area (Å²) in [4.78, 5) is 25.1. The van der Waals surface area contributed by atoms with E-state index in [2.05, 4.69) is 5.32 Å². The van der Waals surface area contributed by atoms with Crippen molar-refractivity contribution in [2.24, 2.45) is 0 Å². The van der Waals surface area contributed by atoms with Gasteiger partial charge in [0.2, 0.25) is 5.91 Å². The predicted octanol–water partition coefficient (Wildman–Crippen LogP) is 0.911. The van der Waals surface area contributed by atoms with Gasteiger partial charge in [0.05, 0.1) is 13.2 Å². The van der Waals surface area contributed by atoms with Gasteiger partial charge in [-0.15, -0.1) is 0 Å². The number of aliphatic hydroxyl groups is 1. The van der Waals surface area contributed by atoms with Gasteiger partial charge in [0.15, 0.2) is 0 Å². The Hall–Kier alpha value is -1.43. The predicted molar refractivity (Wildman–Crippen MR) is 73.1 cm³/mol. The molecule has 0 atom stereocenters. The number of hydrogen-bond acceptors (Lipinski definition) is 4. The number of carbonyl (C=O) groups is 2. The zero-order valence-corrected chi connectivity index (χ0v) is 11.5. The summed E-state index contributed by atoms with van der Waals surface area (Å²) in [5.74, 6) is -0.850. The van der Waals surface area contributed by atoms with Crippen LogP contribution in [0.15, 0.2) is 24.3 Å². The molecule has 5 nitrogen and oxygen atoms in total. The molecule has 0 aliphatic rings. The summed E-state index contributed by atoms with van der Waals surface area (Å²) in [5, 5.41) is 11.6. The van der Waals surface area contributed by atoms with Gasteiger partial charge in [-0.3, -0.25) is 19.8 Å². The normalized spacial score (nSPS) is 10.5. The maximum atomic E-state index is 11.8. The molecule has 0 aliphatic carbocycles. The van der Waals surface area contributed by atoms with Gasteiger partial charge in [0.25, 0.3) is 5.91 Å². The Labute approximate surface area is 117 Å². The number of imide groups is 1. The fourth-order valence-electron chi connectivity index (χ4n) is 1.53. The van der Waals surface area contributed by atoms with E-state index in [4.69, 9.17) is 16.7 Å². The van der Waals surface area contributed by atoms with E-state index in [-0.39, 0.29) is 13.2 Å². The van der Waals surface area contributed by atoms with Crippen molar-refractivity contribution in [1.82, 2.24) is 10.2 Å². The van der Waals surface area contributed by atoms with Crippen LogP contribution in [0, 0.1) is 0 Å². The number of aliphatic hydroxyl groups excluding tert-OH is 1. The first-order chi connectivity index (χ1) is 9.06. The van der Waals surface area contributed by atoms with Crippen molar-refractivity contribution in [2.45, 2.75) is 6.92 Å². The molecule has 0 saturated heterocycles. The molecule has 0 aliphatic heterocycles. The molecule has 0 unspecified atom stereocenters. The molecule has 0 aromatic heterocycles. The molecule has 2 amide bonds. The van der Waals surface area contributed by atoms with Crippen LogP contribution in [0.2, 0.25) is 5.02 Å². The number of rotatable bonds is 6. The third-order valence-electron chi connectivity index (χ3n) is 2.59. The monoisotopic (exact) mass is 284 g/mol. The Morgan fingerprint density at radius 2 is 1.95 bits per heavy atom. The third kappa shape index (κ3) is 5.38. The summed E-state index contributed by atoms with van der Waals surface area (Å²) in [6, 6.07) is 6.28. The van der Waals surface area contributed by atoms with Crippen LogP contribution < -0.4 is 5.32 Å². The number of benzene rings is 1. The summed E-state index contributed by atoms with van der Waals surface area (Å²) in [7, 11) is 0. The van der Waals surface area contributed by atoms with Gasteiger partial charge in [-0.05, 0) is 30.8 Å². The first-order valence-corrected chi connectivity index (χ1v) is 6.37. The molecule has 0 saturated carbocycles. The summed E-state index contributed by atoms with van der Waals surface area (Å²) >= 11 is 5.72. The molecule has 0 bridgehead atoms. The van der Waals surface area contributed by atoms with Gasteiger partial charge in [0, 0.05) is 17.1 Å². The van der Waals surface area contributed by atoms with Gasteiger partial charge in [-0.25, -0.2) is 0 Å². The molecule has 0 spiro atoms. The van der Waals surface area contributed by atoms with Crippen LogP contribution >= 0.6 is 11.6 Å². The lowest BCUT2D eigenvalue weighted by Gasteiger charge is -2.17. The molecule has 19 heavy (non-hydrogen) atoms. The van der Waals surface area contributed by atoms with Crippen LogP contribution in [-0.4, -0.2) is 48.1 Å². The van der Waals surface area contributed by atoms with Crippen LogP contribution in [0.1, 0.15) is 17.3 Å². The van der Waals surface area contributed by atoms with Gasteiger partial charge in [-0.1, -0.05) is 18.5 Å². The standard InChI is InChI=1S/C13H17ClN2O3/c1-2-16(7-8-17)9-12(18)15-13(19)10-3-5-11(14)6-4-10/h3-6,17H,2,7-9H2,1H3,(H,15,18,19). The lowest BCUT2D eigenvalue weighted by molar-refractivity contribution is -0.121. The lowest BCUT2D eigenvalue weighted by atomic mass is 10.2. The lowest BCUT2D eigenvalue weighted by Crippen LogP contribution is -2.41. The average Bonchev–Trinajstić information content (AvgIpc) is 2.38. The van der Waals surface area contributed by atoms with Crippen LogP contribution in [0.4, 0.5) is 0 Å². The van der Waals surface area contributed by atoms with Crippen molar-refractivity contribution in [1.29, 1.82) is 0 Å². The van der Waals surface area contributed by atoms with Gasteiger partial charge < -0.3 is 5.11 Å². The van der Waals surface area contributed by atoms with E-state index in [0.29, 0.717) is 23.7 Å². The largest absolute Gasteiger partial charge is 0.395 e. The minimum atomic E-state index is -0.457. The summed E-state index contributed by atoms with van der Waals surface area (Å²) in [6.45, 7) is 2.97. The fraction of sp³-hybridized carbons (Fsp3) is 0.385. The van der Waals surface area contributed by atoms with Gasteiger partial charge in [0.1, 0.15) is 0 Å². The van der Waals surface area contributed by atoms with Gasteiger partial charge in [-0.2, -0.15) is 0 Å². The minimum absolute atomic E-state index is 0.0216. The van der Waals surface area contributed by atoms with E-state index >= 15 is 0 Å². The molecule has 6 heteroatoms. The quantitative estimate of drug-likeness (QED) is 0.815. The molecule has 1 aromatic rings. The Kier molecular flexibility index (Phi) is 6.49. The van der Waals surface area contributed by atoms with Crippen LogP contribution in [0.5, 0.6) is 0 Å². The van der Waals surface area contributed by atoms with Crippen molar-refractivity contribution in [3.63, 3.8) is 0 Å². The maximum Gasteiger partial charge on any atom is 0.257 e. The van der Waals surface area contributed by atoms with Crippen molar-refractivity contribution in [2.75, 3.05) is 26.2 Å². The second-order valence-corrected chi connectivity index (χ2v) is 4.41. The molecular formula is C13H17ClN2O3. The summed E-state index contributed by atoms with van der Waals surface area (Å²) in [5.41, 5.74) is 0.378. The molecule has 104 valence electrons. The Morgan fingerprint density at radius 1 is 1.32 bits per heavy atom. The summed E-state index contributed by atoms with van der Waals surface area (Å²) in [6.07, 6.45) is 0. The highest BCUT2D eigenvalue weighted by atomic mass is 35.5. The number of halogens is 1. The number of nitrogens with one attached hydrogen (secondary N) is 1. The second-order valence-electron chi connectivity index (χ2n) is 3.98. The van der Waals surface area contributed by atoms with E-state index in [1.165, 1.54) is 0 Å². The van der Waals surface area contributed by atoms with E-state index in [0.717, 1.165) is 0 Å². The van der Waals surface area contributed by atoms with Crippen molar-refractivity contribution >= 4 is 23.4 Å². The van der Waals surface area contributed by atoms with E-state index < -0.39 is 11.8 Å². The molecule has 0 radical (unpaired) electrons. The molecule has 1 rings (SSSR count). The Morgan fingerprint density at radius 3 is 2.47 bits per heavy atom. The highest BCUT2D eigenvalue weighted by Gasteiger charge is 2.13. The molecule has 0 fully saturated rings. The number of likely N-dealkylation sites (N-methyl/N-ethyl adjacent to an activating group) is 1. The zero-order valence-electron chi connectivity index (χ0n) is 10.7. The van der Waals surface area contributed by atoms with Crippen LogP contribution in [-0.2, 0) is 4.79 Å². The third-order valence-corrected chi connectivity index (χ3v) is 2.84. The summed E-state index contributed by atoms with van der Waals surface area (Å²) < 4.78 is 0. The smallest absolute Gasteiger partial charge is 0.257 e. The second kappa shape index (κ2) is 7.89. The van der Waals surface area contributed by atoms with Crippen molar-refractivity contribution < 1.29 is 14.7 Å². The number of carbonyl (C=O) groups excluding carboxylic acids is 2. The Bertz CT molecular complexity index is 434. The highest BCUT2D eigenvalue weighted by Crippen LogP contribution is 2.09. The number of amides is 2. The first kappa shape index (κ1) is 15.6. The van der Waals surface area contributed by atoms with Crippen molar-refractivity contribution in [3.8, 4) is 0 Å². The van der Waals surface area contributed by atoms with E-state index in [9.17, 15) is 9.59 Å². The Balaban J connectivity index is 2.52. The maximum absolute atomic E-state index is 11.8. The van der Waals surface area contributed by atoms with Gasteiger partial charge >= 0.3 is 0 Å². The fourth-order valence-corrected chi connectivity index (χ4v) is 1.66. The molecule has 0 heterocycles. The van der Waals surface area contributed by atoms with Crippen LogP contribution in [0.25, 0.3) is 0 Å². The average molecular weight is 285 g/mol. The van der Waals surface area contributed by atoms with E-state index in [1.807, 2.05) is 6.92 Å². The SMILES string of the molecule is CCN(CCO)CC(=O)NC(=O)c1ccc(Cl)cc1. The zero-order chi connectivity index (χ0) is 14.3. The first-order valence-electron chi connectivity index (χ1n) is 5.99. The van der Waals surface area contributed by atoms with E-state index in [1.54, 1.807) is 29.2 Å². The minimum Gasteiger partial charge on any atom is -0.395 e. The number of hydrogen-bond donors (Lipinski definition) is 2. The van der Waals surface area contributed by atoms with Crippen LogP contribution in [0.3, 0.4) is 0 Å². The molecule has 2 N–H and O–H groups in total. The molecular weight excluding hydrogens is 268 g/mol. The highest BCUT2D eigenvalue weighted by molar-refractivity contribution is 6.30. The van der Waals surface area contributed by atoms with Crippen molar-refractivity contribution in [3.05, 3.63) is 34.9 Å². The molecule has 1 aromatic carbocycles. The topological polar surface area (TPSA) is 69.6 Å².